The van der Waals surface area contributed by atoms with E-state index < -0.39 is 0 Å². The van der Waals surface area contributed by atoms with Gasteiger partial charge >= 0.3 is 0 Å². The Kier molecular flexibility index (Phi) is 5.77. The summed E-state index contributed by atoms with van der Waals surface area (Å²) >= 11 is 5.99. The first-order valence-corrected chi connectivity index (χ1v) is 9.72. The van der Waals surface area contributed by atoms with Crippen LogP contribution in [0.25, 0.3) is 11.4 Å². The van der Waals surface area contributed by atoms with Crippen molar-refractivity contribution in [2.75, 3.05) is 12.4 Å². The highest BCUT2D eigenvalue weighted by atomic mass is 35.5. The summed E-state index contributed by atoms with van der Waals surface area (Å²) in [5, 5.41) is 8.31. The Bertz CT molecular complexity index is 1160. The second-order valence-electron chi connectivity index (χ2n) is 6.52. The first-order valence-electron chi connectivity index (χ1n) is 9.34. The van der Waals surface area contributed by atoms with Crippen molar-refractivity contribution in [3.8, 4) is 17.1 Å². The molecule has 0 saturated carbocycles. The lowest BCUT2D eigenvalue weighted by molar-refractivity contribution is 0.0944. The van der Waals surface area contributed by atoms with Gasteiger partial charge in [-0.1, -0.05) is 54.1 Å². The average Bonchev–Trinajstić information content (AvgIpc) is 3.22. The number of nitrogens with zero attached hydrogens (tertiary/aromatic N) is 3. The molecular formula is C23H19ClN4O2. The van der Waals surface area contributed by atoms with Gasteiger partial charge in [-0.3, -0.25) is 4.79 Å². The van der Waals surface area contributed by atoms with Crippen molar-refractivity contribution < 1.29 is 9.53 Å². The van der Waals surface area contributed by atoms with Crippen molar-refractivity contribution in [2.45, 2.75) is 6.54 Å². The quantitative estimate of drug-likeness (QED) is 0.482. The molecule has 0 spiro atoms. The summed E-state index contributed by atoms with van der Waals surface area (Å²) in [5.41, 5.74) is 2.22. The number of benzene rings is 3. The number of ether oxygens (including phenoxy) is 1. The first kappa shape index (κ1) is 19.7. The molecule has 0 atom stereocenters. The van der Waals surface area contributed by atoms with Crippen LogP contribution in [0.15, 0.2) is 78.9 Å². The van der Waals surface area contributed by atoms with Crippen molar-refractivity contribution in [1.29, 1.82) is 0 Å². The molecule has 30 heavy (non-hydrogen) atoms. The summed E-state index contributed by atoms with van der Waals surface area (Å²) in [6.45, 7) is 0.499. The van der Waals surface area contributed by atoms with Gasteiger partial charge < -0.3 is 10.1 Å². The highest BCUT2D eigenvalue weighted by molar-refractivity contribution is 6.30. The summed E-state index contributed by atoms with van der Waals surface area (Å²) in [5.74, 6) is 0.904. The lowest BCUT2D eigenvalue weighted by Gasteiger charge is -2.09. The predicted molar refractivity (Wildman–Crippen MR) is 117 cm³/mol. The van der Waals surface area contributed by atoms with Crippen LogP contribution >= 0.6 is 11.6 Å². The van der Waals surface area contributed by atoms with E-state index in [1.165, 1.54) is 11.8 Å². The third-order valence-electron chi connectivity index (χ3n) is 4.53. The minimum atomic E-state index is -0.337. The molecule has 3 aromatic carbocycles. The van der Waals surface area contributed by atoms with Crippen LogP contribution < -0.4 is 10.1 Å². The van der Waals surface area contributed by atoms with Crippen LogP contribution in [0.2, 0.25) is 5.02 Å². The Balaban J connectivity index is 1.72. The molecule has 1 aromatic heterocycles. The summed E-state index contributed by atoms with van der Waals surface area (Å²) in [7, 11) is 1.53. The molecule has 7 heteroatoms. The number of hydrogen-bond acceptors (Lipinski definition) is 5. The van der Waals surface area contributed by atoms with E-state index in [1.807, 2.05) is 48.5 Å². The molecule has 0 radical (unpaired) electrons. The maximum atomic E-state index is 13.3. The fraction of sp³-hybridized carbons (Fsp3) is 0.0870. The molecule has 0 bridgehead atoms. The van der Waals surface area contributed by atoms with Crippen molar-refractivity contribution >= 4 is 23.5 Å². The third kappa shape index (κ3) is 4.18. The highest BCUT2D eigenvalue weighted by Crippen LogP contribution is 2.24. The zero-order chi connectivity index (χ0) is 20.9. The van der Waals surface area contributed by atoms with E-state index in [0.29, 0.717) is 34.7 Å². The molecule has 0 fully saturated rings. The molecule has 4 rings (SSSR count). The van der Waals surface area contributed by atoms with Crippen molar-refractivity contribution in [3.63, 3.8) is 0 Å². The number of anilines is 1. The van der Waals surface area contributed by atoms with E-state index in [1.54, 1.807) is 30.3 Å². The van der Waals surface area contributed by atoms with E-state index in [0.717, 1.165) is 11.1 Å². The minimum Gasteiger partial charge on any atom is -0.496 e. The van der Waals surface area contributed by atoms with Gasteiger partial charge in [0.1, 0.15) is 5.75 Å². The number of halogens is 1. The Morgan fingerprint density at radius 3 is 2.43 bits per heavy atom. The number of rotatable bonds is 6. The Hall–Kier alpha value is -3.64. The molecule has 0 aliphatic carbocycles. The van der Waals surface area contributed by atoms with Crippen LogP contribution in [0.5, 0.6) is 5.75 Å². The molecule has 0 saturated heterocycles. The zero-order valence-electron chi connectivity index (χ0n) is 16.2. The number of carbonyl (C=O) groups excluding carboxylic acids is 1. The SMILES string of the molecule is COc1ccccc1C(=O)n1nc(-c2ccc(Cl)cc2)nc1NCc1ccccc1. The number of aromatic nitrogens is 3. The molecule has 0 aliphatic heterocycles. The average molecular weight is 419 g/mol. The number of para-hydroxylation sites is 1. The first-order chi connectivity index (χ1) is 14.7. The number of hydrogen-bond donors (Lipinski definition) is 1. The lowest BCUT2D eigenvalue weighted by atomic mass is 10.2. The summed E-state index contributed by atoms with van der Waals surface area (Å²) < 4.78 is 6.61. The fourth-order valence-electron chi connectivity index (χ4n) is 3.00. The minimum absolute atomic E-state index is 0.337. The summed E-state index contributed by atoms with van der Waals surface area (Å²) in [6, 6.07) is 24.0. The van der Waals surface area contributed by atoms with E-state index >= 15 is 0 Å². The molecule has 0 amide bonds. The van der Waals surface area contributed by atoms with Crippen LogP contribution in [-0.4, -0.2) is 27.8 Å². The van der Waals surface area contributed by atoms with Crippen LogP contribution in [0.3, 0.4) is 0 Å². The predicted octanol–water partition coefficient (Wildman–Crippen LogP) is 4.91. The monoisotopic (exact) mass is 418 g/mol. The Morgan fingerprint density at radius 2 is 1.70 bits per heavy atom. The number of nitrogens with one attached hydrogen (secondary N) is 1. The van der Waals surface area contributed by atoms with Crippen molar-refractivity contribution in [2.24, 2.45) is 0 Å². The van der Waals surface area contributed by atoms with E-state index in [2.05, 4.69) is 15.4 Å². The molecule has 1 N–H and O–H groups in total. The molecule has 0 unspecified atom stereocenters. The fourth-order valence-corrected chi connectivity index (χ4v) is 3.13. The smallest absolute Gasteiger partial charge is 0.285 e. The van der Waals surface area contributed by atoms with Gasteiger partial charge in [-0.05, 0) is 42.0 Å². The summed E-state index contributed by atoms with van der Waals surface area (Å²) in [6.07, 6.45) is 0. The standard InChI is InChI=1S/C23H19ClN4O2/c1-30-20-10-6-5-9-19(20)22(29)28-23(25-15-16-7-3-2-4-8-16)26-21(27-28)17-11-13-18(24)14-12-17/h2-14H,15H2,1H3,(H,25,26,27). The molecule has 4 aromatic rings. The van der Waals surface area contributed by atoms with Crippen LogP contribution in [-0.2, 0) is 6.54 Å². The van der Waals surface area contributed by atoms with Gasteiger partial charge in [-0.2, -0.15) is 9.67 Å². The maximum absolute atomic E-state index is 13.3. The molecule has 150 valence electrons. The van der Waals surface area contributed by atoms with Gasteiger partial charge in [0.15, 0.2) is 5.82 Å². The molecule has 1 heterocycles. The lowest BCUT2D eigenvalue weighted by Crippen LogP contribution is -2.18. The molecule has 0 aliphatic rings. The highest BCUT2D eigenvalue weighted by Gasteiger charge is 2.21. The van der Waals surface area contributed by atoms with E-state index in [-0.39, 0.29) is 5.91 Å². The molecule has 6 nitrogen and oxygen atoms in total. The molecular weight excluding hydrogens is 400 g/mol. The Labute approximate surface area is 179 Å². The van der Waals surface area contributed by atoms with Gasteiger partial charge in [0.05, 0.1) is 12.7 Å². The topological polar surface area (TPSA) is 69.0 Å². The zero-order valence-corrected chi connectivity index (χ0v) is 17.0. The van der Waals surface area contributed by atoms with Crippen LogP contribution in [0.4, 0.5) is 5.95 Å². The van der Waals surface area contributed by atoms with Crippen LogP contribution in [0.1, 0.15) is 15.9 Å². The van der Waals surface area contributed by atoms with Crippen LogP contribution in [0, 0.1) is 0 Å². The van der Waals surface area contributed by atoms with E-state index in [9.17, 15) is 4.79 Å². The second kappa shape index (κ2) is 8.80. The van der Waals surface area contributed by atoms with Gasteiger partial charge in [-0.25, -0.2) is 0 Å². The number of carbonyl (C=O) groups is 1. The third-order valence-corrected chi connectivity index (χ3v) is 4.78. The van der Waals surface area contributed by atoms with Gasteiger partial charge in [0.2, 0.25) is 5.95 Å². The Morgan fingerprint density at radius 1 is 1.00 bits per heavy atom. The largest absolute Gasteiger partial charge is 0.496 e. The van der Waals surface area contributed by atoms with Gasteiger partial charge in [-0.15, -0.1) is 5.10 Å². The van der Waals surface area contributed by atoms with Gasteiger partial charge in [0, 0.05) is 17.1 Å². The second-order valence-corrected chi connectivity index (χ2v) is 6.96. The van der Waals surface area contributed by atoms with Gasteiger partial charge in [0.25, 0.3) is 5.91 Å². The number of methoxy groups -OCH3 is 1. The summed E-state index contributed by atoms with van der Waals surface area (Å²) in [4.78, 5) is 17.8. The van der Waals surface area contributed by atoms with E-state index in [4.69, 9.17) is 16.3 Å². The normalized spacial score (nSPS) is 10.6. The van der Waals surface area contributed by atoms with Crippen molar-refractivity contribution in [3.05, 3.63) is 95.0 Å². The van der Waals surface area contributed by atoms with Crippen molar-refractivity contribution in [1.82, 2.24) is 14.8 Å². The maximum Gasteiger partial charge on any atom is 0.285 e.